The number of benzene rings is 2. The Balaban J connectivity index is 1.67. The van der Waals surface area contributed by atoms with Crippen LogP contribution in [0.25, 0.3) is 5.69 Å². The van der Waals surface area contributed by atoms with Crippen molar-refractivity contribution < 1.29 is 13.2 Å². The van der Waals surface area contributed by atoms with E-state index in [-0.39, 0.29) is 22.3 Å². The summed E-state index contributed by atoms with van der Waals surface area (Å²) in [5.41, 5.74) is 3.86. The number of nitrogens with one attached hydrogen (secondary N) is 1. The molecule has 0 aliphatic rings. The number of sulfone groups is 1. The van der Waals surface area contributed by atoms with E-state index in [4.69, 9.17) is 0 Å². The van der Waals surface area contributed by atoms with Crippen molar-refractivity contribution in [2.45, 2.75) is 30.8 Å². The number of imidazole rings is 1. The van der Waals surface area contributed by atoms with Gasteiger partial charge in [-0.25, -0.2) is 13.4 Å². The fourth-order valence-corrected chi connectivity index (χ4v) is 4.43. The molecule has 0 aliphatic carbocycles. The number of rotatable bonds is 7. The number of carbonyl (C=O) groups is 1. The smallest absolute Gasteiger partial charge is 0.234 e. The maximum atomic E-state index is 12.4. The van der Waals surface area contributed by atoms with Gasteiger partial charge in [-0.15, -0.1) is 0 Å². The quantitative estimate of drug-likeness (QED) is 0.574. The van der Waals surface area contributed by atoms with Crippen LogP contribution >= 0.6 is 11.8 Å². The van der Waals surface area contributed by atoms with Gasteiger partial charge in [-0.1, -0.05) is 30.8 Å². The van der Waals surface area contributed by atoms with Crippen LogP contribution in [-0.4, -0.2) is 35.4 Å². The second-order valence-electron chi connectivity index (χ2n) is 6.62. The highest BCUT2D eigenvalue weighted by Gasteiger charge is 2.13. The first-order valence-corrected chi connectivity index (χ1v) is 11.8. The number of hydrogen-bond acceptors (Lipinski definition) is 5. The summed E-state index contributed by atoms with van der Waals surface area (Å²) >= 11 is 1.32. The molecule has 1 aromatic heterocycles. The average molecular weight is 430 g/mol. The second-order valence-corrected chi connectivity index (χ2v) is 9.84. The molecule has 29 heavy (non-hydrogen) atoms. The van der Waals surface area contributed by atoms with Crippen LogP contribution in [0, 0.1) is 13.8 Å². The van der Waals surface area contributed by atoms with Gasteiger partial charge in [0.2, 0.25) is 5.91 Å². The monoisotopic (exact) mass is 429 g/mol. The normalized spacial score (nSPS) is 11.4. The van der Waals surface area contributed by atoms with Crippen molar-refractivity contribution in [3.8, 4) is 5.69 Å². The first-order chi connectivity index (χ1) is 13.8. The average Bonchev–Trinajstić information content (AvgIpc) is 3.17. The summed E-state index contributed by atoms with van der Waals surface area (Å²) in [5.74, 6) is -0.0516. The molecule has 1 N–H and O–H groups in total. The second kappa shape index (κ2) is 8.84. The van der Waals surface area contributed by atoms with Crippen molar-refractivity contribution >= 4 is 33.2 Å². The molecule has 0 saturated carbocycles. The zero-order valence-electron chi connectivity index (χ0n) is 16.5. The molecule has 3 rings (SSSR count). The van der Waals surface area contributed by atoms with Gasteiger partial charge in [0.25, 0.3) is 0 Å². The number of aryl methyl sites for hydroxylation is 2. The van der Waals surface area contributed by atoms with Crippen molar-refractivity contribution in [3.05, 3.63) is 66.0 Å². The van der Waals surface area contributed by atoms with Crippen LogP contribution in [0.1, 0.15) is 18.1 Å². The molecule has 0 saturated heterocycles. The van der Waals surface area contributed by atoms with Crippen molar-refractivity contribution in [2.75, 3.05) is 16.8 Å². The Bertz CT molecular complexity index is 1140. The fraction of sp³-hybridized carbons (Fsp3) is 0.238. The summed E-state index contributed by atoms with van der Waals surface area (Å²) < 4.78 is 26.0. The molecule has 8 heteroatoms. The number of amides is 1. The molecule has 0 aliphatic heterocycles. The molecule has 2 aromatic carbocycles. The SMILES string of the molecule is CCS(=O)(=O)c1cccc(NC(=O)CSc2nccn2-c2ccc(C)c(C)c2)c1. The van der Waals surface area contributed by atoms with Gasteiger partial charge in [-0.2, -0.15) is 0 Å². The van der Waals surface area contributed by atoms with Crippen molar-refractivity contribution in [1.82, 2.24) is 9.55 Å². The third-order valence-electron chi connectivity index (χ3n) is 4.56. The third kappa shape index (κ3) is 5.07. The molecule has 1 amide bonds. The van der Waals surface area contributed by atoms with Gasteiger partial charge in [-0.05, 0) is 55.3 Å². The molecule has 152 valence electrons. The van der Waals surface area contributed by atoms with Crippen molar-refractivity contribution in [3.63, 3.8) is 0 Å². The largest absolute Gasteiger partial charge is 0.325 e. The van der Waals surface area contributed by atoms with E-state index >= 15 is 0 Å². The highest BCUT2D eigenvalue weighted by atomic mass is 32.2. The molecule has 0 unspecified atom stereocenters. The summed E-state index contributed by atoms with van der Waals surface area (Å²) in [6.07, 6.45) is 3.57. The summed E-state index contributed by atoms with van der Waals surface area (Å²) in [6.45, 7) is 5.71. The molecule has 6 nitrogen and oxygen atoms in total. The van der Waals surface area contributed by atoms with E-state index in [1.54, 1.807) is 25.3 Å². The van der Waals surface area contributed by atoms with E-state index in [1.807, 2.05) is 16.8 Å². The van der Waals surface area contributed by atoms with E-state index < -0.39 is 9.84 Å². The zero-order chi connectivity index (χ0) is 21.0. The van der Waals surface area contributed by atoms with Gasteiger partial charge in [0.1, 0.15) is 0 Å². The van der Waals surface area contributed by atoms with Gasteiger partial charge in [-0.3, -0.25) is 9.36 Å². The van der Waals surface area contributed by atoms with Crippen molar-refractivity contribution in [2.24, 2.45) is 0 Å². The lowest BCUT2D eigenvalue weighted by Crippen LogP contribution is -2.15. The number of anilines is 1. The van der Waals surface area contributed by atoms with Crippen LogP contribution in [0.4, 0.5) is 5.69 Å². The zero-order valence-corrected chi connectivity index (χ0v) is 18.2. The standard InChI is InChI=1S/C21H23N3O3S2/c1-4-29(26,27)19-7-5-6-17(13-19)23-20(25)14-28-21-22-10-11-24(21)18-9-8-15(2)16(3)12-18/h5-13H,4,14H2,1-3H3,(H,23,25). The third-order valence-corrected chi connectivity index (χ3v) is 7.26. The molecule has 1 heterocycles. The van der Waals surface area contributed by atoms with Crippen LogP contribution in [0.3, 0.4) is 0 Å². The highest BCUT2D eigenvalue weighted by molar-refractivity contribution is 7.99. The van der Waals surface area contributed by atoms with E-state index in [2.05, 4.69) is 36.3 Å². The first-order valence-electron chi connectivity index (χ1n) is 9.16. The maximum absolute atomic E-state index is 12.4. The molecule has 0 fully saturated rings. The van der Waals surface area contributed by atoms with Gasteiger partial charge >= 0.3 is 0 Å². The predicted molar refractivity (Wildman–Crippen MR) is 117 cm³/mol. The van der Waals surface area contributed by atoms with E-state index in [1.165, 1.54) is 35.0 Å². The van der Waals surface area contributed by atoms with Gasteiger partial charge in [0, 0.05) is 23.8 Å². The molecule has 3 aromatic rings. The van der Waals surface area contributed by atoms with Gasteiger partial charge < -0.3 is 5.32 Å². The minimum absolute atomic E-state index is 0.0153. The lowest BCUT2D eigenvalue weighted by atomic mass is 10.1. The number of hydrogen-bond donors (Lipinski definition) is 1. The van der Waals surface area contributed by atoms with E-state index in [9.17, 15) is 13.2 Å². The van der Waals surface area contributed by atoms with Crippen molar-refractivity contribution in [1.29, 1.82) is 0 Å². The Hall–Kier alpha value is -2.58. The lowest BCUT2D eigenvalue weighted by Gasteiger charge is -2.10. The molecule has 0 bridgehead atoms. The number of nitrogens with zero attached hydrogens (tertiary/aromatic N) is 2. The van der Waals surface area contributed by atoms with Crippen LogP contribution in [0.5, 0.6) is 0 Å². The fourth-order valence-electron chi connectivity index (χ4n) is 2.73. The summed E-state index contributed by atoms with van der Waals surface area (Å²) in [5, 5.41) is 3.47. The van der Waals surface area contributed by atoms with E-state index in [0.717, 1.165) is 5.69 Å². The summed E-state index contributed by atoms with van der Waals surface area (Å²) in [6, 6.07) is 12.5. The summed E-state index contributed by atoms with van der Waals surface area (Å²) in [4.78, 5) is 16.9. The Morgan fingerprint density at radius 1 is 1.14 bits per heavy atom. The Morgan fingerprint density at radius 3 is 2.66 bits per heavy atom. The highest BCUT2D eigenvalue weighted by Crippen LogP contribution is 2.23. The minimum atomic E-state index is -3.32. The first kappa shape index (κ1) is 21.1. The van der Waals surface area contributed by atoms with Gasteiger partial charge in [0.15, 0.2) is 15.0 Å². The van der Waals surface area contributed by atoms with Crippen LogP contribution < -0.4 is 5.32 Å². The number of aromatic nitrogens is 2. The van der Waals surface area contributed by atoms with Crippen LogP contribution in [-0.2, 0) is 14.6 Å². The lowest BCUT2D eigenvalue weighted by molar-refractivity contribution is -0.113. The molecule has 0 atom stereocenters. The minimum Gasteiger partial charge on any atom is -0.325 e. The molecule has 0 spiro atoms. The molecule has 0 radical (unpaired) electrons. The van der Waals surface area contributed by atoms with Gasteiger partial charge in [0.05, 0.1) is 16.4 Å². The maximum Gasteiger partial charge on any atom is 0.234 e. The Kier molecular flexibility index (Phi) is 6.44. The Labute approximate surface area is 175 Å². The Morgan fingerprint density at radius 2 is 1.93 bits per heavy atom. The topological polar surface area (TPSA) is 81.1 Å². The van der Waals surface area contributed by atoms with E-state index in [0.29, 0.717) is 10.8 Å². The van der Waals surface area contributed by atoms with Crippen LogP contribution in [0.2, 0.25) is 0 Å². The number of thioether (sulfide) groups is 1. The molecular weight excluding hydrogens is 406 g/mol. The molecular formula is C21H23N3O3S2. The van der Waals surface area contributed by atoms with Crippen LogP contribution in [0.15, 0.2) is 64.9 Å². The number of carbonyl (C=O) groups excluding carboxylic acids is 1. The predicted octanol–water partition coefficient (Wildman–Crippen LogP) is 4.01. The summed E-state index contributed by atoms with van der Waals surface area (Å²) in [7, 11) is -3.32.